The monoisotopic (exact) mass is 462 g/mol. The van der Waals surface area contributed by atoms with Gasteiger partial charge in [0.25, 0.3) is 11.8 Å². The Morgan fingerprint density at radius 3 is 2.28 bits per heavy atom. The first kappa shape index (κ1) is 20.0. The Balaban J connectivity index is 1.81. The largest absolute Gasteiger partial charge is 0.350 e. The lowest BCUT2D eigenvalue weighted by Gasteiger charge is -2.16. The van der Waals surface area contributed by atoms with Crippen LogP contribution in [0.3, 0.4) is 0 Å². The van der Waals surface area contributed by atoms with Crippen LogP contribution in [0.2, 0.25) is 15.1 Å². The summed E-state index contributed by atoms with van der Waals surface area (Å²) >= 11 is 19.8. The van der Waals surface area contributed by atoms with Crippen LogP contribution in [0.25, 0.3) is 5.57 Å². The number of aryl methyl sites for hydroxylation is 1. The fraction of sp³-hybridized carbons (Fsp3) is 0.0476. The third-order valence-corrected chi connectivity index (χ3v) is 6.13. The molecule has 8 heteroatoms. The zero-order valence-corrected chi connectivity index (χ0v) is 18.1. The van der Waals surface area contributed by atoms with Crippen molar-refractivity contribution in [3.05, 3.63) is 85.1 Å². The lowest BCUT2D eigenvalue weighted by Crippen LogP contribution is -2.32. The van der Waals surface area contributed by atoms with E-state index in [1.807, 2.05) is 24.4 Å². The summed E-state index contributed by atoms with van der Waals surface area (Å²) in [6, 6.07) is 13.6. The second kappa shape index (κ2) is 7.84. The van der Waals surface area contributed by atoms with E-state index in [-0.39, 0.29) is 11.3 Å². The van der Waals surface area contributed by atoms with E-state index in [0.717, 1.165) is 10.5 Å². The number of hydrogen-bond donors (Lipinski definition) is 1. The first-order valence-corrected chi connectivity index (χ1v) is 10.5. The minimum Gasteiger partial charge on any atom is -0.350 e. The predicted molar refractivity (Wildman–Crippen MR) is 120 cm³/mol. The first-order chi connectivity index (χ1) is 13.8. The lowest BCUT2D eigenvalue weighted by molar-refractivity contribution is -0.120. The number of benzene rings is 2. The molecule has 0 saturated carbocycles. The van der Waals surface area contributed by atoms with Gasteiger partial charge in [0.2, 0.25) is 0 Å². The number of nitrogens with zero attached hydrogens (tertiary/aromatic N) is 1. The average molecular weight is 464 g/mol. The molecule has 0 unspecified atom stereocenters. The van der Waals surface area contributed by atoms with Crippen LogP contribution in [0.4, 0.5) is 11.4 Å². The van der Waals surface area contributed by atoms with Crippen LogP contribution < -0.4 is 10.2 Å². The highest BCUT2D eigenvalue weighted by Gasteiger charge is 2.41. The number of amides is 2. The smallest absolute Gasteiger partial charge is 0.282 e. The van der Waals surface area contributed by atoms with E-state index >= 15 is 0 Å². The second-order valence-electron chi connectivity index (χ2n) is 6.39. The lowest BCUT2D eigenvalue weighted by atomic mass is 10.1. The van der Waals surface area contributed by atoms with Crippen LogP contribution in [0, 0.1) is 6.92 Å². The maximum Gasteiger partial charge on any atom is 0.282 e. The highest BCUT2D eigenvalue weighted by Crippen LogP contribution is 2.37. The van der Waals surface area contributed by atoms with Crippen LogP contribution in [-0.4, -0.2) is 11.8 Å². The molecular formula is C21H13Cl3N2O2S. The van der Waals surface area contributed by atoms with Gasteiger partial charge in [0.15, 0.2) is 0 Å². The molecule has 0 saturated heterocycles. The Bertz CT molecular complexity index is 1150. The summed E-state index contributed by atoms with van der Waals surface area (Å²) in [6.45, 7) is 1.89. The fourth-order valence-corrected chi connectivity index (χ4v) is 4.48. The molecule has 0 aliphatic carbocycles. The van der Waals surface area contributed by atoms with Gasteiger partial charge in [-0.2, -0.15) is 0 Å². The maximum absolute atomic E-state index is 13.3. The van der Waals surface area contributed by atoms with Crippen LogP contribution in [0.5, 0.6) is 0 Å². The summed E-state index contributed by atoms with van der Waals surface area (Å²) in [6.07, 6.45) is 0. The van der Waals surface area contributed by atoms with E-state index in [4.69, 9.17) is 34.8 Å². The fourth-order valence-electron chi connectivity index (χ4n) is 3.01. The van der Waals surface area contributed by atoms with E-state index in [0.29, 0.717) is 31.3 Å². The summed E-state index contributed by atoms with van der Waals surface area (Å²) in [5.41, 5.74) is 2.29. The van der Waals surface area contributed by atoms with Gasteiger partial charge in [-0.1, -0.05) is 46.9 Å². The molecule has 0 radical (unpaired) electrons. The van der Waals surface area contributed by atoms with Crippen molar-refractivity contribution >= 4 is 74.9 Å². The standard InChI is InChI=1S/C21H13Cl3N2O2S/c1-11-4-5-14(10-16(11)24)25-19-18(17-3-2-6-29-17)20(27)26(21(19)28)15-8-12(22)7-13(23)9-15/h2-10,25H,1H3. The molecule has 0 bridgehead atoms. The Labute approximate surface area is 186 Å². The highest BCUT2D eigenvalue weighted by molar-refractivity contribution is 7.11. The summed E-state index contributed by atoms with van der Waals surface area (Å²) in [5.74, 6) is -0.940. The van der Waals surface area contributed by atoms with Crippen molar-refractivity contribution in [2.24, 2.45) is 0 Å². The van der Waals surface area contributed by atoms with Crippen LogP contribution in [0.1, 0.15) is 10.4 Å². The Hall–Kier alpha value is -2.31. The van der Waals surface area contributed by atoms with Crippen molar-refractivity contribution in [2.45, 2.75) is 6.92 Å². The zero-order valence-electron chi connectivity index (χ0n) is 15.0. The molecule has 0 fully saturated rings. The van der Waals surface area contributed by atoms with E-state index < -0.39 is 11.8 Å². The van der Waals surface area contributed by atoms with Gasteiger partial charge in [0, 0.05) is 25.6 Å². The molecule has 1 aliphatic rings. The van der Waals surface area contributed by atoms with Crippen LogP contribution in [-0.2, 0) is 9.59 Å². The van der Waals surface area contributed by atoms with Crippen molar-refractivity contribution < 1.29 is 9.59 Å². The zero-order chi connectivity index (χ0) is 20.7. The molecule has 4 nitrogen and oxygen atoms in total. The minimum absolute atomic E-state index is 0.175. The molecule has 0 spiro atoms. The average Bonchev–Trinajstić information content (AvgIpc) is 3.24. The molecule has 0 atom stereocenters. The molecule has 29 heavy (non-hydrogen) atoms. The predicted octanol–water partition coefficient (Wildman–Crippen LogP) is 6.41. The summed E-state index contributed by atoms with van der Waals surface area (Å²) in [5, 5.41) is 6.15. The Morgan fingerprint density at radius 2 is 1.66 bits per heavy atom. The molecule has 4 rings (SSSR count). The molecule has 2 aromatic carbocycles. The molecule has 3 aromatic rings. The quantitative estimate of drug-likeness (QED) is 0.455. The molecule has 2 amide bonds. The topological polar surface area (TPSA) is 49.4 Å². The van der Waals surface area contributed by atoms with Crippen LogP contribution in [0.15, 0.2) is 59.6 Å². The van der Waals surface area contributed by atoms with Gasteiger partial charge in [-0.25, -0.2) is 4.90 Å². The van der Waals surface area contributed by atoms with E-state index in [9.17, 15) is 9.59 Å². The SMILES string of the molecule is Cc1ccc(NC2=C(c3cccs3)C(=O)N(c3cc(Cl)cc(Cl)c3)C2=O)cc1Cl. The van der Waals surface area contributed by atoms with Crippen molar-refractivity contribution in [2.75, 3.05) is 10.2 Å². The van der Waals surface area contributed by atoms with Crippen LogP contribution >= 0.6 is 46.1 Å². The number of imide groups is 1. The number of carbonyl (C=O) groups excluding carboxylic acids is 2. The summed E-state index contributed by atoms with van der Waals surface area (Å²) in [7, 11) is 0. The third-order valence-electron chi connectivity index (χ3n) is 4.40. The number of anilines is 2. The molecular weight excluding hydrogens is 451 g/mol. The minimum atomic E-state index is -0.492. The highest BCUT2D eigenvalue weighted by atomic mass is 35.5. The molecule has 146 valence electrons. The Morgan fingerprint density at radius 1 is 0.931 bits per heavy atom. The second-order valence-corrected chi connectivity index (χ2v) is 8.62. The van der Waals surface area contributed by atoms with Gasteiger partial charge in [0.1, 0.15) is 5.70 Å². The van der Waals surface area contributed by atoms with Crippen molar-refractivity contribution in [1.29, 1.82) is 0 Å². The van der Waals surface area contributed by atoms with Crippen molar-refractivity contribution in [3.63, 3.8) is 0 Å². The number of rotatable bonds is 4. The van der Waals surface area contributed by atoms with E-state index in [2.05, 4.69) is 5.32 Å². The van der Waals surface area contributed by atoms with Gasteiger partial charge >= 0.3 is 0 Å². The van der Waals surface area contributed by atoms with Gasteiger partial charge in [-0.15, -0.1) is 11.3 Å². The number of carbonyl (C=O) groups is 2. The normalized spacial score (nSPS) is 14.1. The summed E-state index contributed by atoms with van der Waals surface area (Å²) in [4.78, 5) is 28.3. The van der Waals surface area contributed by atoms with Gasteiger partial charge in [-0.05, 0) is 54.3 Å². The summed E-state index contributed by atoms with van der Waals surface area (Å²) < 4.78 is 0. The first-order valence-electron chi connectivity index (χ1n) is 8.51. The van der Waals surface area contributed by atoms with Gasteiger partial charge in [0.05, 0.1) is 11.3 Å². The maximum atomic E-state index is 13.3. The molecule has 1 aromatic heterocycles. The number of thiophene rings is 1. The molecule has 2 heterocycles. The number of nitrogens with one attached hydrogen (secondary N) is 1. The number of hydrogen-bond acceptors (Lipinski definition) is 4. The van der Waals surface area contributed by atoms with Crippen molar-refractivity contribution in [1.82, 2.24) is 0 Å². The molecule has 1 aliphatic heterocycles. The number of halogens is 3. The molecule has 1 N–H and O–H groups in total. The van der Waals surface area contributed by atoms with Crippen molar-refractivity contribution in [3.8, 4) is 0 Å². The third kappa shape index (κ3) is 3.79. The van der Waals surface area contributed by atoms with E-state index in [1.54, 1.807) is 24.3 Å². The van der Waals surface area contributed by atoms with E-state index in [1.165, 1.54) is 23.5 Å². The Kier molecular flexibility index (Phi) is 5.40. The van der Waals surface area contributed by atoms with Gasteiger partial charge < -0.3 is 5.32 Å². The van der Waals surface area contributed by atoms with Gasteiger partial charge in [-0.3, -0.25) is 9.59 Å².